The molecule has 0 saturated heterocycles. The Balaban J connectivity index is 1.73. The van der Waals surface area contributed by atoms with Gasteiger partial charge in [0.05, 0.1) is 12.1 Å². The zero-order valence-electron chi connectivity index (χ0n) is 13.3. The lowest BCUT2D eigenvalue weighted by Crippen LogP contribution is -2.14. The highest BCUT2D eigenvalue weighted by molar-refractivity contribution is 6.03. The van der Waals surface area contributed by atoms with E-state index >= 15 is 0 Å². The number of ether oxygens (including phenoxy) is 2. The number of rotatable bonds is 6. The molecule has 8 nitrogen and oxygen atoms in total. The maximum Gasteiger partial charge on any atom is 0.325 e. The average Bonchev–Trinajstić information content (AvgIpc) is 2.96. The molecule has 2 aromatic heterocycles. The van der Waals surface area contributed by atoms with Crippen LogP contribution in [-0.4, -0.2) is 41.2 Å². The second kappa shape index (κ2) is 7.14. The molecule has 25 heavy (non-hydrogen) atoms. The molecule has 0 saturated carbocycles. The van der Waals surface area contributed by atoms with Crippen molar-refractivity contribution < 1.29 is 18.7 Å². The fourth-order valence-electron chi connectivity index (χ4n) is 2.17. The van der Waals surface area contributed by atoms with E-state index in [9.17, 15) is 14.0 Å². The van der Waals surface area contributed by atoms with Crippen LogP contribution in [0.1, 0.15) is 10.5 Å². The fourth-order valence-corrected chi connectivity index (χ4v) is 2.17. The monoisotopic (exact) mass is 346 g/mol. The summed E-state index contributed by atoms with van der Waals surface area (Å²) in [6.07, 6.45) is 0. The van der Waals surface area contributed by atoms with Crippen LogP contribution in [-0.2, 0) is 4.74 Å². The van der Waals surface area contributed by atoms with Gasteiger partial charge < -0.3 is 19.8 Å². The third-order valence-electron chi connectivity index (χ3n) is 3.34. The van der Waals surface area contributed by atoms with Gasteiger partial charge in [0.1, 0.15) is 12.3 Å². The van der Waals surface area contributed by atoms with Gasteiger partial charge in [0.2, 0.25) is 0 Å². The van der Waals surface area contributed by atoms with Crippen molar-refractivity contribution in [3.63, 3.8) is 0 Å². The number of nitrogens with zero attached hydrogens (tertiary/aromatic N) is 1. The molecule has 0 spiro atoms. The fraction of sp³-hybridized carbons (Fsp3) is 0.188. The number of fused-ring (bicyclic) bond motifs is 1. The summed E-state index contributed by atoms with van der Waals surface area (Å²) in [6, 6.07) is 7.10. The van der Waals surface area contributed by atoms with E-state index in [1.807, 2.05) is 0 Å². The van der Waals surface area contributed by atoms with Crippen molar-refractivity contribution in [2.45, 2.75) is 0 Å². The molecule has 0 aliphatic heterocycles. The largest absolute Gasteiger partial charge is 0.488 e. The van der Waals surface area contributed by atoms with Gasteiger partial charge in [-0.3, -0.25) is 9.78 Å². The highest BCUT2D eigenvalue weighted by atomic mass is 19.1. The summed E-state index contributed by atoms with van der Waals surface area (Å²) in [5, 5.41) is 2.54. The first-order chi connectivity index (χ1) is 12.1. The molecule has 9 heteroatoms. The normalized spacial score (nSPS) is 10.8. The van der Waals surface area contributed by atoms with Gasteiger partial charge >= 0.3 is 5.69 Å². The Morgan fingerprint density at radius 1 is 1.24 bits per heavy atom. The summed E-state index contributed by atoms with van der Waals surface area (Å²) in [5.41, 5.74) is 0.691. The summed E-state index contributed by atoms with van der Waals surface area (Å²) in [5.74, 6) is -1.07. The number of carbonyl (C=O) groups is 1. The number of nitrogens with one attached hydrogen (secondary N) is 3. The van der Waals surface area contributed by atoms with Gasteiger partial charge in [0.25, 0.3) is 5.91 Å². The number of imidazole rings is 1. The Hall–Kier alpha value is -3.20. The van der Waals surface area contributed by atoms with Gasteiger partial charge in [-0.15, -0.1) is 0 Å². The number of carbonyl (C=O) groups excluding carboxylic acids is 1. The van der Waals surface area contributed by atoms with Crippen molar-refractivity contribution in [2.24, 2.45) is 0 Å². The second-order valence-corrected chi connectivity index (χ2v) is 5.11. The van der Waals surface area contributed by atoms with E-state index < -0.39 is 17.4 Å². The number of anilines is 1. The Labute approximate surface area is 141 Å². The van der Waals surface area contributed by atoms with Crippen molar-refractivity contribution in [2.75, 3.05) is 25.6 Å². The quantitative estimate of drug-likeness (QED) is 0.588. The third kappa shape index (κ3) is 3.83. The first-order valence-corrected chi connectivity index (χ1v) is 7.38. The molecule has 3 N–H and O–H groups in total. The molecule has 0 bridgehead atoms. The SMILES string of the molecule is COCCOc1ccc(NC(=O)c2ccc3[nH]c(=O)[nH]c3n2)cc1F. The number of hydrogen-bond acceptors (Lipinski definition) is 5. The van der Waals surface area contributed by atoms with Crippen LogP contribution in [0.4, 0.5) is 10.1 Å². The number of halogens is 1. The van der Waals surface area contributed by atoms with Crippen LogP contribution in [0.25, 0.3) is 11.2 Å². The first kappa shape index (κ1) is 16.7. The Morgan fingerprint density at radius 2 is 2.08 bits per heavy atom. The van der Waals surface area contributed by atoms with E-state index in [1.165, 1.54) is 25.3 Å². The van der Waals surface area contributed by atoms with Gasteiger partial charge in [-0.25, -0.2) is 14.2 Å². The topological polar surface area (TPSA) is 109 Å². The number of methoxy groups -OCH3 is 1. The molecule has 130 valence electrons. The molecule has 0 unspecified atom stereocenters. The lowest BCUT2D eigenvalue weighted by Gasteiger charge is -2.09. The number of aromatic nitrogens is 3. The van der Waals surface area contributed by atoms with E-state index in [4.69, 9.17) is 9.47 Å². The molecule has 0 aliphatic carbocycles. The highest BCUT2D eigenvalue weighted by Gasteiger charge is 2.12. The van der Waals surface area contributed by atoms with E-state index in [2.05, 4.69) is 20.3 Å². The number of hydrogen-bond donors (Lipinski definition) is 3. The molecule has 0 radical (unpaired) electrons. The van der Waals surface area contributed by atoms with Crippen LogP contribution in [0, 0.1) is 5.82 Å². The van der Waals surface area contributed by atoms with Gasteiger partial charge in [0.15, 0.2) is 17.2 Å². The maximum absolute atomic E-state index is 14.0. The van der Waals surface area contributed by atoms with Gasteiger partial charge in [0, 0.05) is 18.9 Å². The summed E-state index contributed by atoms with van der Waals surface area (Å²) >= 11 is 0. The lowest BCUT2D eigenvalue weighted by molar-refractivity contribution is 0.102. The maximum atomic E-state index is 14.0. The van der Waals surface area contributed by atoms with Crippen LogP contribution in [0.15, 0.2) is 35.1 Å². The molecule has 1 aromatic carbocycles. The molecule has 0 atom stereocenters. The zero-order valence-corrected chi connectivity index (χ0v) is 13.3. The molecular formula is C16H15FN4O4. The minimum Gasteiger partial charge on any atom is -0.488 e. The van der Waals surface area contributed by atoms with Crippen molar-refractivity contribution >= 4 is 22.8 Å². The van der Waals surface area contributed by atoms with E-state index in [1.54, 1.807) is 6.07 Å². The minimum absolute atomic E-state index is 0.0690. The molecule has 0 fully saturated rings. The highest BCUT2D eigenvalue weighted by Crippen LogP contribution is 2.21. The van der Waals surface area contributed by atoms with Gasteiger partial charge in [-0.1, -0.05) is 0 Å². The molecule has 1 amide bonds. The van der Waals surface area contributed by atoms with Crippen LogP contribution in [0.3, 0.4) is 0 Å². The lowest BCUT2D eigenvalue weighted by atomic mass is 10.2. The molecule has 0 aliphatic rings. The number of amides is 1. The Bertz CT molecular complexity index is 966. The average molecular weight is 346 g/mol. The summed E-state index contributed by atoms with van der Waals surface area (Å²) in [6.45, 7) is 0.561. The van der Waals surface area contributed by atoms with Crippen LogP contribution < -0.4 is 15.7 Å². The van der Waals surface area contributed by atoms with Gasteiger partial charge in [-0.05, 0) is 24.3 Å². The van der Waals surface area contributed by atoms with Crippen LogP contribution >= 0.6 is 0 Å². The zero-order chi connectivity index (χ0) is 17.8. The summed E-state index contributed by atoms with van der Waals surface area (Å²) in [7, 11) is 1.52. The van der Waals surface area contributed by atoms with Gasteiger partial charge in [-0.2, -0.15) is 0 Å². The molecule has 2 heterocycles. The van der Waals surface area contributed by atoms with Crippen molar-refractivity contribution in [1.29, 1.82) is 0 Å². The third-order valence-corrected chi connectivity index (χ3v) is 3.34. The van der Waals surface area contributed by atoms with Crippen LogP contribution in [0.5, 0.6) is 5.75 Å². The summed E-state index contributed by atoms with van der Waals surface area (Å²) in [4.78, 5) is 32.5. The molecule has 3 rings (SSSR count). The first-order valence-electron chi connectivity index (χ1n) is 7.38. The standard InChI is InChI=1S/C16H15FN4O4/c1-24-6-7-25-13-5-2-9(8-10(13)17)18-15(22)12-4-3-11-14(19-12)21-16(23)20-11/h2-5,8H,6-7H2,1H3,(H,18,22)(H2,19,20,21,23). The number of benzene rings is 1. The van der Waals surface area contributed by atoms with Crippen molar-refractivity contribution in [3.05, 3.63) is 52.3 Å². The summed E-state index contributed by atoms with van der Waals surface area (Å²) < 4.78 is 24.0. The van der Waals surface area contributed by atoms with E-state index in [0.717, 1.165) is 6.07 Å². The minimum atomic E-state index is -0.604. The molecular weight excluding hydrogens is 331 g/mol. The Morgan fingerprint density at radius 3 is 2.84 bits per heavy atom. The van der Waals surface area contributed by atoms with E-state index in [0.29, 0.717) is 12.1 Å². The Kier molecular flexibility index (Phi) is 4.75. The second-order valence-electron chi connectivity index (χ2n) is 5.11. The molecule has 3 aromatic rings. The van der Waals surface area contributed by atoms with Crippen molar-refractivity contribution in [3.8, 4) is 5.75 Å². The number of H-pyrrole nitrogens is 2. The number of pyridine rings is 1. The predicted molar refractivity (Wildman–Crippen MR) is 88.4 cm³/mol. The smallest absolute Gasteiger partial charge is 0.325 e. The predicted octanol–water partition coefficient (Wildman–Crippen LogP) is 1.67. The van der Waals surface area contributed by atoms with Crippen molar-refractivity contribution in [1.82, 2.24) is 15.0 Å². The number of aromatic amines is 2. The van der Waals surface area contributed by atoms with E-state index in [-0.39, 0.29) is 29.4 Å². The van der Waals surface area contributed by atoms with Crippen LogP contribution in [0.2, 0.25) is 0 Å².